The molecule has 1 aliphatic rings. The lowest BCUT2D eigenvalue weighted by atomic mass is 9.89. The monoisotopic (exact) mass is 273 g/mol. The van der Waals surface area contributed by atoms with Crippen LogP contribution in [0.1, 0.15) is 23.2 Å². The average molecular weight is 273 g/mol. The molecule has 0 radical (unpaired) electrons. The van der Waals surface area contributed by atoms with E-state index >= 15 is 0 Å². The number of nitro groups is 1. The molecule has 6 heteroatoms. The van der Waals surface area contributed by atoms with Crippen molar-refractivity contribution in [1.82, 2.24) is 10.3 Å². The Morgan fingerprint density at radius 3 is 2.75 bits per heavy atom. The number of carbonyl (C=O) groups excluding carboxylic acids is 1. The maximum Gasteiger partial charge on any atom is 0.271 e. The number of nitro benzene ring substituents is 1. The third kappa shape index (κ3) is 2.18. The fraction of sp³-hybridized carbons (Fsp3) is 0.357. The molecule has 0 spiro atoms. The van der Waals surface area contributed by atoms with Crippen LogP contribution in [0.5, 0.6) is 0 Å². The number of non-ortho nitro benzene ring substituents is 1. The minimum absolute atomic E-state index is 0.0280. The van der Waals surface area contributed by atoms with Gasteiger partial charge in [0, 0.05) is 35.2 Å². The lowest BCUT2D eigenvalue weighted by molar-refractivity contribution is -0.384. The second-order valence-corrected chi connectivity index (χ2v) is 5.08. The molecule has 0 amide bonds. The highest BCUT2D eigenvalue weighted by atomic mass is 16.6. The molecule has 1 aromatic heterocycles. The fourth-order valence-electron chi connectivity index (χ4n) is 2.74. The molecule has 6 nitrogen and oxygen atoms in total. The van der Waals surface area contributed by atoms with E-state index in [2.05, 4.69) is 10.3 Å². The predicted molar refractivity (Wildman–Crippen MR) is 74.9 cm³/mol. The van der Waals surface area contributed by atoms with Crippen molar-refractivity contribution in [3.8, 4) is 0 Å². The van der Waals surface area contributed by atoms with E-state index in [0.717, 1.165) is 31.3 Å². The molecule has 0 bridgehead atoms. The molecule has 1 aliphatic heterocycles. The first-order valence-electron chi connectivity index (χ1n) is 6.67. The molecule has 20 heavy (non-hydrogen) atoms. The van der Waals surface area contributed by atoms with Crippen LogP contribution >= 0.6 is 0 Å². The van der Waals surface area contributed by atoms with Crippen molar-refractivity contribution in [2.24, 2.45) is 5.92 Å². The first-order valence-corrected chi connectivity index (χ1v) is 6.67. The summed E-state index contributed by atoms with van der Waals surface area (Å²) in [5.74, 6) is 0.178. The molecule has 0 aliphatic carbocycles. The number of ketones is 1. The number of fused-ring (bicyclic) bond motifs is 1. The highest BCUT2D eigenvalue weighted by Crippen LogP contribution is 2.27. The van der Waals surface area contributed by atoms with Gasteiger partial charge in [0.2, 0.25) is 0 Å². The van der Waals surface area contributed by atoms with Crippen LogP contribution in [0.2, 0.25) is 0 Å². The Balaban J connectivity index is 1.95. The van der Waals surface area contributed by atoms with E-state index in [1.54, 1.807) is 12.3 Å². The van der Waals surface area contributed by atoms with Crippen LogP contribution in [0.25, 0.3) is 10.9 Å². The van der Waals surface area contributed by atoms with Gasteiger partial charge in [-0.1, -0.05) is 0 Å². The van der Waals surface area contributed by atoms with Crippen molar-refractivity contribution in [3.63, 3.8) is 0 Å². The Morgan fingerprint density at radius 2 is 2.05 bits per heavy atom. The standard InChI is InChI=1S/C14H15N3O3/c18-14(9-3-5-15-6-4-9)12-8-16-13-7-10(17(19)20)1-2-11(12)13/h1-2,7-9,15-16H,3-6H2. The zero-order valence-electron chi connectivity index (χ0n) is 10.9. The van der Waals surface area contributed by atoms with Crippen LogP contribution in [0, 0.1) is 16.0 Å². The highest BCUT2D eigenvalue weighted by molar-refractivity contribution is 6.09. The molecule has 1 fully saturated rings. The number of nitrogens with zero attached hydrogens (tertiary/aromatic N) is 1. The quantitative estimate of drug-likeness (QED) is 0.510. The van der Waals surface area contributed by atoms with E-state index in [1.807, 2.05) is 0 Å². The number of carbonyl (C=O) groups is 1. The molecule has 0 unspecified atom stereocenters. The average Bonchev–Trinajstić information content (AvgIpc) is 2.90. The van der Waals surface area contributed by atoms with Crippen LogP contribution in [0.3, 0.4) is 0 Å². The Hall–Kier alpha value is -2.21. The van der Waals surface area contributed by atoms with E-state index in [4.69, 9.17) is 0 Å². The van der Waals surface area contributed by atoms with Crippen molar-refractivity contribution < 1.29 is 9.72 Å². The molecule has 104 valence electrons. The van der Waals surface area contributed by atoms with E-state index in [1.165, 1.54) is 12.1 Å². The summed E-state index contributed by atoms with van der Waals surface area (Å²) < 4.78 is 0. The number of rotatable bonds is 3. The Kier molecular flexibility index (Phi) is 3.23. The number of aromatic nitrogens is 1. The molecule has 2 heterocycles. The third-order valence-electron chi connectivity index (χ3n) is 3.85. The number of nitrogens with one attached hydrogen (secondary N) is 2. The summed E-state index contributed by atoms with van der Waals surface area (Å²) >= 11 is 0. The van der Waals surface area contributed by atoms with Gasteiger partial charge in [-0.05, 0) is 32.0 Å². The van der Waals surface area contributed by atoms with Crippen molar-refractivity contribution in [2.75, 3.05) is 13.1 Å². The van der Waals surface area contributed by atoms with Crippen LogP contribution < -0.4 is 5.32 Å². The number of Topliss-reactive ketones (excluding diaryl/α,β-unsaturated/α-hetero) is 1. The van der Waals surface area contributed by atoms with Gasteiger partial charge in [-0.3, -0.25) is 14.9 Å². The maximum absolute atomic E-state index is 12.5. The Labute approximate surface area is 115 Å². The van der Waals surface area contributed by atoms with E-state index < -0.39 is 4.92 Å². The normalized spacial score (nSPS) is 16.4. The molecule has 0 saturated carbocycles. The van der Waals surface area contributed by atoms with Gasteiger partial charge in [0.05, 0.1) is 10.4 Å². The fourth-order valence-corrected chi connectivity index (χ4v) is 2.74. The summed E-state index contributed by atoms with van der Waals surface area (Å²) in [6.45, 7) is 1.73. The molecule has 3 rings (SSSR count). The SMILES string of the molecule is O=C(c1c[nH]c2cc([N+](=O)[O-])ccc12)C1CCNCC1. The number of benzene rings is 1. The molecule has 2 N–H and O–H groups in total. The molecule has 0 atom stereocenters. The van der Waals surface area contributed by atoms with Crippen molar-refractivity contribution in [1.29, 1.82) is 0 Å². The molecule has 1 saturated heterocycles. The first kappa shape index (κ1) is 12.8. The van der Waals surface area contributed by atoms with Crippen LogP contribution in [0.15, 0.2) is 24.4 Å². The summed E-state index contributed by atoms with van der Waals surface area (Å²) in [6, 6.07) is 4.56. The summed E-state index contributed by atoms with van der Waals surface area (Å²) in [5, 5.41) is 14.8. The topological polar surface area (TPSA) is 88.0 Å². The second kappa shape index (κ2) is 5.05. The number of hydrogen-bond donors (Lipinski definition) is 2. The predicted octanol–water partition coefficient (Wildman–Crippen LogP) is 2.26. The Bertz CT molecular complexity index is 671. The minimum Gasteiger partial charge on any atom is -0.360 e. The van der Waals surface area contributed by atoms with Gasteiger partial charge < -0.3 is 10.3 Å². The van der Waals surface area contributed by atoms with Crippen LogP contribution in [0.4, 0.5) is 5.69 Å². The Morgan fingerprint density at radius 1 is 1.30 bits per heavy atom. The van der Waals surface area contributed by atoms with Crippen LogP contribution in [-0.2, 0) is 0 Å². The van der Waals surface area contributed by atoms with Crippen LogP contribution in [-0.4, -0.2) is 28.8 Å². The maximum atomic E-state index is 12.5. The number of H-pyrrole nitrogens is 1. The van der Waals surface area contributed by atoms with Gasteiger partial charge in [-0.25, -0.2) is 0 Å². The number of aromatic amines is 1. The number of hydrogen-bond acceptors (Lipinski definition) is 4. The smallest absolute Gasteiger partial charge is 0.271 e. The van der Waals surface area contributed by atoms with E-state index in [9.17, 15) is 14.9 Å². The lowest BCUT2D eigenvalue weighted by Gasteiger charge is -2.21. The van der Waals surface area contributed by atoms with Crippen molar-refractivity contribution in [2.45, 2.75) is 12.8 Å². The van der Waals surface area contributed by atoms with Gasteiger partial charge >= 0.3 is 0 Å². The second-order valence-electron chi connectivity index (χ2n) is 5.08. The minimum atomic E-state index is -0.436. The van der Waals surface area contributed by atoms with Gasteiger partial charge in [-0.2, -0.15) is 0 Å². The highest BCUT2D eigenvalue weighted by Gasteiger charge is 2.24. The van der Waals surface area contributed by atoms with Gasteiger partial charge in [-0.15, -0.1) is 0 Å². The summed E-state index contributed by atoms with van der Waals surface area (Å²) in [6.07, 6.45) is 3.36. The number of piperidine rings is 1. The van der Waals surface area contributed by atoms with E-state index in [0.29, 0.717) is 11.1 Å². The molecule has 1 aromatic carbocycles. The van der Waals surface area contributed by atoms with Crippen molar-refractivity contribution >= 4 is 22.4 Å². The van der Waals surface area contributed by atoms with Gasteiger partial charge in [0.25, 0.3) is 5.69 Å². The van der Waals surface area contributed by atoms with Crippen molar-refractivity contribution in [3.05, 3.63) is 40.1 Å². The zero-order chi connectivity index (χ0) is 14.1. The molecule has 2 aromatic rings. The first-order chi connectivity index (χ1) is 9.66. The summed E-state index contributed by atoms with van der Waals surface area (Å²) in [7, 11) is 0. The summed E-state index contributed by atoms with van der Waals surface area (Å²) in [5.41, 5.74) is 1.30. The largest absolute Gasteiger partial charge is 0.360 e. The van der Waals surface area contributed by atoms with Gasteiger partial charge in [0.1, 0.15) is 0 Å². The van der Waals surface area contributed by atoms with Gasteiger partial charge in [0.15, 0.2) is 5.78 Å². The summed E-state index contributed by atoms with van der Waals surface area (Å²) in [4.78, 5) is 25.8. The lowest BCUT2D eigenvalue weighted by Crippen LogP contribution is -2.31. The molecular weight excluding hydrogens is 258 g/mol. The molecular formula is C14H15N3O3. The third-order valence-corrected chi connectivity index (χ3v) is 3.85. The van der Waals surface area contributed by atoms with E-state index in [-0.39, 0.29) is 17.4 Å². The zero-order valence-corrected chi connectivity index (χ0v) is 10.9.